The Morgan fingerprint density at radius 3 is 2.76 bits per heavy atom. The maximum absolute atomic E-state index is 12.2. The van der Waals surface area contributed by atoms with Gasteiger partial charge in [-0.25, -0.2) is 4.98 Å². The number of hydrogen-bond donors (Lipinski definition) is 1. The van der Waals surface area contributed by atoms with Gasteiger partial charge in [-0.05, 0) is 56.4 Å². The Bertz CT molecular complexity index is 809. The first kappa shape index (κ1) is 17.5. The summed E-state index contributed by atoms with van der Waals surface area (Å²) in [6.07, 6.45) is 5.47. The SMILES string of the molecule is Cc1ccc(NC(=O)CSc2nc3c(cc2C#N)CCCCC3)cc1. The van der Waals surface area contributed by atoms with Gasteiger partial charge in [-0.3, -0.25) is 4.79 Å². The van der Waals surface area contributed by atoms with Crippen LogP contribution in [-0.4, -0.2) is 16.6 Å². The molecule has 1 heterocycles. The highest BCUT2D eigenvalue weighted by molar-refractivity contribution is 8.00. The van der Waals surface area contributed by atoms with Crippen molar-refractivity contribution in [3.05, 3.63) is 52.7 Å². The number of carbonyl (C=O) groups excluding carboxylic acids is 1. The van der Waals surface area contributed by atoms with Crippen LogP contribution in [0.1, 0.15) is 41.6 Å². The van der Waals surface area contributed by atoms with Crippen molar-refractivity contribution in [2.45, 2.75) is 44.1 Å². The van der Waals surface area contributed by atoms with E-state index >= 15 is 0 Å². The molecular weight excluding hydrogens is 330 g/mol. The molecule has 1 amide bonds. The van der Waals surface area contributed by atoms with E-state index in [4.69, 9.17) is 4.98 Å². The van der Waals surface area contributed by atoms with Crippen LogP contribution in [0, 0.1) is 18.3 Å². The van der Waals surface area contributed by atoms with Crippen molar-refractivity contribution in [1.82, 2.24) is 4.98 Å². The number of nitriles is 1. The summed E-state index contributed by atoms with van der Waals surface area (Å²) < 4.78 is 0. The topological polar surface area (TPSA) is 65.8 Å². The third-order valence-corrected chi connectivity index (χ3v) is 5.30. The van der Waals surface area contributed by atoms with Crippen LogP contribution in [0.3, 0.4) is 0 Å². The van der Waals surface area contributed by atoms with Gasteiger partial charge in [0, 0.05) is 11.4 Å². The summed E-state index contributed by atoms with van der Waals surface area (Å²) in [5.41, 5.74) is 4.81. The third-order valence-electron chi connectivity index (χ3n) is 4.31. The van der Waals surface area contributed by atoms with Crippen LogP contribution in [0.4, 0.5) is 5.69 Å². The predicted molar refractivity (Wildman–Crippen MR) is 101 cm³/mol. The Morgan fingerprint density at radius 2 is 2.00 bits per heavy atom. The van der Waals surface area contributed by atoms with Crippen LogP contribution >= 0.6 is 11.8 Å². The summed E-state index contributed by atoms with van der Waals surface area (Å²) in [6.45, 7) is 2.01. The van der Waals surface area contributed by atoms with E-state index in [0.717, 1.165) is 42.6 Å². The zero-order valence-corrected chi connectivity index (χ0v) is 15.2. The minimum Gasteiger partial charge on any atom is -0.325 e. The molecule has 0 saturated carbocycles. The zero-order valence-electron chi connectivity index (χ0n) is 14.3. The number of pyridine rings is 1. The smallest absolute Gasteiger partial charge is 0.234 e. The van der Waals surface area contributed by atoms with Gasteiger partial charge >= 0.3 is 0 Å². The molecule has 0 saturated heterocycles. The minimum absolute atomic E-state index is 0.0884. The number of thioether (sulfide) groups is 1. The normalized spacial score (nSPS) is 13.4. The van der Waals surface area contributed by atoms with Gasteiger partial charge in [0.15, 0.2) is 0 Å². The highest BCUT2D eigenvalue weighted by Crippen LogP contribution is 2.27. The number of rotatable bonds is 4. The highest BCUT2D eigenvalue weighted by Gasteiger charge is 2.15. The Kier molecular flexibility index (Phi) is 5.72. The molecule has 5 heteroatoms. The van der Waals surface area contributed by atoms with Crippen LogP contribution < -0.4 is 5.32 Å². The largest absolute Gasteiger partial charge is 0.325 e. The van der Waals surface area contributed by atoms with Crippen LogP contribution in [0.2, 0.25) is 0 Å². The number of carbonyl (C=O) groups is 1. The molecule has 4 nitrogen and oxygen atoms in total. The van der Waals surface area contributed by atoms with E-state index in [-0.39, 0.29) is 11.7 Å². The summed E-state index contributed by atoms with van der Waals surface area (Å²) >= 11 is 1.34. The van der Waals surface area contributed by atoms with Gasteiger partial charge in [0.1, 0.15) is 11.1 Å². The van der Waals surface area contributed by atoms with Crippen molar-refractivity contribution in [1.29, 1.82) is 5.26 Å². The first-order valence-corrected chi connectivity index (χ1v) is 9.56. The lowest BCUT2D eigenvalue weighted by atomic mass is 10.1. The van der Waals surface area contributed by atoms with E-state index in [9.17, 15) is 10.1 Å². The Hall–Kier alpha value is -2.32. The maximum Gasteiger partial charge on any atom is 0.234 e. The first-order valence-electron chi connectivity index (χ1n) is 8.58. The molecule has 0 radical (unpaired) electrons. The number of nitrogens with one attached hydrogen (secondary N) is 1. The van der Waals surface area contributed by atoms with Crippen molar-refractivity contribution >= 4 is 23.4 Å². The fraction of sp³-hybridized carbons (Fsp3) is 0.350. The molecule has 1 aliphatic carbocycles. The molecule has 25 heavy (non-hydrogen) atoms. The maximum atomic E-state index is 12.2. The lowest BCUT2D eigenvalue weighted by molar-refractivity contribution is -0.113. The second kappa shape index (κ2) is 8.17. The van der Waals surface area contributed by atoms with Gasteiger partial charge in [0.2, 0.25) is 5.91 Å². The van der Waals surface area contributed by atoms with Gasteiger partial charge in [-0.2, -0.15) is 5.26 Å². The summed E-state index contributed by atoms with van der Waals surface area (Å²) in [4.78, 5) is 16.9. The van der Waals surface area contributed by atoms with Gasteiger partial charge < -0.3 is 5.32 Å². The molecule has 0 fully saturated rings. The summed E-state index contributed by atoms with van der Waals surface area (Å²) in [7, 11) is 0. The van der Waals surface area contributed by atoms with Crippen LogP contribution in [0.15, 0.2) is 35.4 Å². The fourth-order valence-electron chi connectivity index (χ4n) is 2.95. The average molecular weight is 351 g/mol. The second-order valence-corrected chi connectivity index (χ2v) is 7.29. The molecule has 2 aromatic rings. The first-order chi connectivity index (χ1) is 12.2. The molecule has 1 aromatic carbocycles. The molecule has 0 spiro atoms. The predicted octanol–water partition coefficient (Wildman–Crippen LogP) is 4.26. The average Bonchev–Trinajstić information content (AvgIpc) is 2.85. The number of nitrogens with zero attached hydrogens (tertiary/aromatic N) is 2. The van der Waals surface area contributed by atoms with E-state index in [1.165, 1.54) is 23.7 Å². The standard InChI is InChI=1S/C20H21N3OS/c1-14-7-9-17(10-8-14)22-19(24)13-25-20-16(12-21)11-15-5-3-2-4-6-18(15)23-20/h7-11H,2-6,13H2,1H3,(H,22,24). The second-order valence-electron chi connectivity index (χ2n) is 6.32. The molecule has 128 valence electrons. The van der Waals surface area contributed by atoms with E-state index in [1.54, 1.807) is 0 Å². The zero-order chi connectivity index (χ0) is 17.6. The van der Waals surface area contributed by atoms with Crippen molar-refractivity contribution in [2.75, 3.05) is 11.1 Å². The molecule has 0 unspecified atom stereocenters. The molecule has 0 bridgehead atoms. The highest BCUT2D eigenvalue weighted by atomic mass is 32.2. The lowest BCUT2D eigenvalue weighted by Crippen LogP contribution is -2.14. The summed E-state index contributed by atoms with van der Waals surface area (Å²) in [5, 5.41) is 13.0. The number of benzene rings is 1. The van der Waals surface area contributed by atoms with Gasteiger partial charge in [0.05, 0.1) is 11.3 Å². The van der Waals surface area contributed by atoms with Crippen LogP contribution in [0.5, 0.6) is 0 Å². The van der Waals surface area contributed by atoms with Crippen molar-refractivity contribution in [3.63, 3.8) is 0 Å². The van der Waals surface area contributed by atoms with E-state index in [0.29, 0.717) is 10.6 Å². The number of aryl methyl sites for hydroxylation is 3. The Labute approximate surface area is 152 Å². The molecule has 1 aliphatic rings. The van der Waals surface area contributed by atoms with E-state index in [2.05, 4.69) is 11.4 Å². The lowest BCUT2D eigenvalue weighted by Gasteiger charge is -2.10. The van der Waals surface area contributed by atoms with Crippen molar-refractivity contribution in [2.24, 2.45) is 0 Å². The summed E-state index contributed by atoms with van der Waals surface area (Å²) in [6, 6.07) is 11.9. The van der Waals surface area contributed by atoms with Gasteiger partial charge in [-0.15, -0.1) is 0 Å². The minimum atomic E-state index is -0.0884. The monoisotopic (exact) mass is 351 g/mol. The molecule has 1 N–H and O–H groups in total. The number of hydrogen-bond acceptors (Lipinski definition) is 4. The van der Waals surface area contributed by atoms with E-state index in [1.807, 2.05) is 37.3 Å². The molecule has 0 aliphatic heterocycles. The Balaban J connectivity index is 1.67. The number of amides is 1. The molecular formula is C20H21N3OS. The third kappa shape index (κ3) is 4.61. The fourth-order valence-corrected chi connectivity index (χ4v) is 3.72. The molecule has 0 atom stereocenters. The number of fused-ring (bicyclic) bond motifs is 1. The van der Waals surface area contributed by atoms with Crippen LogP contribution in [-0.2, 0) is 17.6 Å². The molecule has 3 rings (SSSR count). The van der Waals surface area contributed by atoms with E-state index < -0.39 is 0 Å². The quantitative estimate of drug-likeness (QED) is 0.660. The number of anilines is 1. The Morgan fingerprint density at radius 1 is 1.24 bits per heavy atom. The van der Waals surface area contributed by atoms with Gasteiger partial charge in [-0.1, -0.05) is 35.9 Å². The number of aromatic nitrogens is 1. The summed E-state index contributed by atoms with van der Waals surface area (Å²) in [5.74, 6) is 0.156. The van der Waals surface area contributed by atoms with Crippen LogP contribution in [0.25, 0.3) is 0 Å². The molecule has 1 aromatic heterocycles. The van der Waals surface area contributed by atoms with Crippen molar-refractivity contribution in [3.8, 4) is 6.07 Å². The van der Waals surface area contributed by atoms with Crippen molar-refractivity contribution < 1.29 is 4.79 Å². The van der Waals surface area contributed by atoms with Gasteiger partial charge in [0.25, 0.3) is 0 Å².